The van der Waals surface area contributed by atoms with E-state index in [0.29, 0.717) is 13.0 Å². The maximum absolute atomic E-state index is 13.0. The number of likely N-dealkylation sites (tertiary alicyclic amines) is 1. The molecule has 0 spiro atoms. The third-order valence-electron chi connectivity index (χ3n) is 5.05. The lowest BCUT2D eigenvalue weighted by Crippen LogP contribution is -2.46. The summed E-state index contributed by atoms with van der Waals surface area (Å²) in [7, 11) is 1.35. The number of nitrogens with zero attached hydrogens (tertiary/aromatic N) is 1. The molecular formula is C19H29N5O6. The number of aromatic hydroxyl groups is 1. The molecule has 2 rings (SSSR count). The van der Waals surface area contributed by atoms with Crippen molar-refractivity contribution in [1.82, 2.24) is 15.7 Å². The van der Waals surface area contributed by atoms with Crippen molar-refractivity contribution in [2.45, 2.75) is 43.8 Å². The topological polar surface area (TPSA) is 180 Å². The van der Waals surface area contributed by atoms with E-state index in [-0.39, 0.29) is 35.9 Å². The van der Waals surface area contributed by atoms with E-state index >= 15 is 0 Å². The molecule has 166 valence electrons. The van der Waals surface area contributed by atoms with Gasteiger partial charge in [-0.05, 0) is 44.0 Å². The second-order valence-electron chi connectivity index (χ2n) is 7.17. The van der Waals surface area contributed by atoms with Crippen LogP contribution in [0.5, 0.6) is 11.5 Å². The predicted octanol–water partition coefficient (Wildman–Crippen LogP) is -0.938. The molecule has 0 bridgehead atoms. The van der Waals surface area contributed by atoms with Gasteiger partial charge in [0, 0.05) is 18.2 Å². The smallest absolute Gasteiger partial charge is 0.266 e. The Hall–Kier alpha value is -2.89. The summed E-state index contributed by atoms with van der Waals surface area (Å²) in [5.74, 6) is -1.67. The fourth-order valence-electron chi connectivity index (χ4n) is 3.41. The Labute approximate surface area is 174 Å². The van der Waals surface area contributed by atoms with E-state index in [9.17, 15) is 19.5 Å². The van der Waals surface area contributed by atoms with Crippen LogP contribution in [0.2, 0.25) is 0 Å². The summed E-state index contributed by atoms with van der Waals surface area (Å²) >= 11 is 0. The molecule has 0 saturated carbocycles. The number of carbonyl (C=O) groups is 3. The molecule has 1 saturated heterocycles. The highest BCUT2D eigenvalue weighted by molar-refractivity contribution is 5.98. The number of nitrogens with one attached hydrogen (secondary N) is 2. The van der Waals surface area contributed by atoms with Gasteiger partial charge in [-0.3, -0.25) is 19.6 Å². The van der Waals surface area contributed by atoms with Crippen molar-refractivity contribution in [3.63, 3.8) is 0 Å². The van der Waals surface area contributed by atoms with E-state index in [0.717, 1.165) is 12.8 Å². The van der Waals surface area contributed by atoms with Gasteiger partial charge in [0.2, 0.25) is 5.91 Å². The van der Waals surface area contributed by atoms with Gasteiger partial charge in [-0.15, -0.1) is 0 Å². The van der Waals surface area contributed by atoms with Gasteiger partial charge in [-0.25, -0.2) is 5.48 Å². The zero-order valence-corrected chi connectivity index (χ0v) is 16.8. The van der Waals surface area contributed by atoms with E-state index in [1.165, 1.54) is 30.2 Å². The Morgan fingerprint density at radius 2 is 2.07 bits per heavy atom. The summed E-state index contributed by atoms with van der Waals surface area (Å²) in [6.07, 6.45) is 2.08. The number of benzene rings is 1. The number of carbonyl (C=O) groups excluding carboxylic acids is 3. The van der Waals surface area contributed by atoms with Crippen LogP contribution in [0.15, 0.2) is 18.2 Å². The zero-order chi connectivity index (χ0) is 22.3. The molecule has 1 aromatic rings. The van der Waals surface area contributed by atoms with Gasteiger partial charge in [0.25, 0.3) is 11.8 Å². The van der Waals surface area contributed by atoms with Crippen LogP contribution in [-0.2, 0) is 9.59 Å². The Bertz CT molecular complexity index is 774. The molecule has 1 aliphatic heterocycles. The van der Waals surface area contributed by atoms with E-state index in [4.69, 9.17) is 21.4 Å². The van der Waals surface area contributed by atoms with Crippen LogP contribution in [0, 0.1) is 0 Å². The number of rotatable bonds is 9. The summed E-state index contributed by atoms with van der Waals surface area (Å²) in [5, 5.41) is 21.5. The van der Waals surface area contributed by atoms with Crippen LogP contribution in [0.1, 0.15) is 36.0 Å². The summed E-state index contributed by atoms with van der Waals surface area (Å²) in [5.41, 5.74) is 13.1. The van der Waals surface area contributed by atoms with Crippen molar-refractivity contribution in [3.8, 4) is 11.5 Å². The standard InChI is InChI=1S/C19H29N5O6/c1-30-16-8-11(5-6-15(16)25)19(28)24-10-12(9-14(24)18(27)23-29)22-17(26)13(21)4-2-3-7-20/h5-6,8,12-14,25,29H,2-4,7,9-10,20-21H2,1H3,(H,22,26)(H,23,27)/t12-,13-,14-/m0/s1. The third-order valence-corrected chi connectivity index (χ3v) is 5.05. The summed E-state index contributed by atoms with van der Waals surface area (Å²) in [6, 6.07) is 1.85. The quantitative estimate of drug-likeness (QED) is 0.167. The number of unbranched alkanes of at least 4 members (excludes halogenated alkanes) is 1. The van der Waals surface area contributed by atoms with Crippen LogP contribution < -0.4 is 27.0 Å². The normalized spacial score (nSPS) is 19.3. The minimum Gasteiger partial charge on any atom is -0.504 e. The molecule has 1 aromatic carbocycles. The molecule has 1 heterocycles. The van der Waals surface area contributed by atoms with Crippen molar-refractivity contribution in [3.05, 3.63) is 23.8 Å². The van der Waals surface area contributed by atoms with E-state index in [2.05, 4.69) is 5.32 Å². The highest BCUT2D eigenvalue weighted by atomic mass is 16.5. The summed E-state index contributed by atoms with van der Waals surface area (Å²) < 4.78 is 5.02. The molecule has 1 aliphatic rings. The van der Waals surface area contributed by atoms with Crippen LogP contribution in [-0.4, -0.2) is 71.3 Å². The Kier molecular flexibility index (Phi) is 8.39. The number of hydrogen-bond acceptors (Lipinski definition) is 8. The number of ether oxygens (including phenoxy) is 1. The number of nitrogens with two attached hydrogens (primary N) is 2. The van der Waals surface area contributed by atoms with Gasteiger partial charge < -0.3 is 31.5 Å². The lowest BCUT2D eigenvalue weighted by atomic mass is 10.1. The van der Waals surface area contributed by atoms with Crippen LogP contribution >= 0.6 is 0 Å². The average Bonchev–Trinajstić information content (AvgIpc) is 3.16. The Balaban J connectivity index is 2.11. The molecule has 11 heteroatoms. The van der Waals surface area contributed by atoms with Crippen LogP contribution in [0.25, 0.3) is 0 Å². The van der Waals surface area contributed by atoms with E-state index in [1.54, 1.807) is 5.48 Å². The SMILES string of the molecule is COc1cc(C(=O)N2C[C@@H](NC(=O)[C@@H](N)CCCCN)C[C@H]2C(=O)NO)ccc1O. The first kappa shape index (κ1) is 23.4. The molecule has 8 N–H and O–H groups in total. The number of amides is 3. The van der Waals surface area contributed by atoms with Crippen molar-refractivity contribution in [1.29, 1.82) is 0 Å². The molecule has 3 atom stereocenters. The molecule has 1 fully saturated rings. The van der Waals surface area contributed by atoms with Crippen molar-refractivity contribution in [2.75, 3.05) is 20.2 Å². The number of phenols is 1. The van der Waals surface area contributed by atoms with Gasteiger partial charge in [-0.1, -0.05) is 6.42 Å². The summed E-state index contributed by atoms with van der Waals surface area (Å²) in [6.45, 7) is 0.579. The highest BCUT2D eigenvalue weighted by Crippen LogP contribution is 2.28. The number of hydroxylamine groups is 1. The molecule has 3 amide bonds. The van der Waals surface area contributed by atoms with Gasteiger partial charge >= 0.3 is 0 Å². The molecule has 0 aliphatic carbocycles. The maximum atomic E-state index is 13.0. The first-order chi connectivity index (χ1) is 14.3. The monoisotopic (exact) mass is 423 g/mol. The largest absolute Gasteiger partial charge is 0.504 e. The van der Waals surface area contributed by atoms with Crippen molar-refractivity contribution < 1.29 is 29.4 Å². The maximum Gasteiger partial charge on any atom is 0.266 e. The van der Waals surface area contributed by atoms with Gasteiger partial charge in [0.05, 0.1) is 13.2 Å². The van der Waals surface area contributed by atoms with Gasteiger partial charge in [0.15, 0.2) is 11.5 Å². The van der Waals surface area contributed by atoms with Crippen molar-refractivity contribution >= 4 is 17.7 Å². The minimum atomic E-state index is -0.985. The third kappa shape index (κ3) is 5.59. The summed E-state index contributed by atoms with van der Waals surface area (Å²) in [4.78, 5) is 38.7. The molecule has 11 nitrogen and oxygen atoms in total. The molecular weight excluding hydrogens is 394 g/mol. The van der Waals surface area contributed by atoms with Gasteiger partial charge in [-0.2, -0.15) is 0 Å². The lowest BCUT2D eigenvalue weighted by molar-refractivity contribution is -0.133. The fourth-order valence-corrected chi connectivity index (χ4v) is 3.41. The molecule has 0 unspecified atom stereocenters. The number of methoxy groups -OCH3 is 1. The first-order valence-corrected chi connectivity index (χ1v) is 9.70. The average molecular weight is 423 g/mol. The van der Waals surface area contributed by atoms with Crippen molar-refractivity contribution in [2.24, 2.45) is 11.5 Å². The number of hydrogen-bond donors (Lipinski definition) is 6. The second-order valence-corrected chi connectivity index (χ2v) is 7.17. The zero-order valence-electron chi connectivity index (χ0n) is 16.8. The minimum absolute atomic E-state index is 0.0569. The molecule has 30 heavy (non-hydrogen) atoms. The molecule has 0 aromatic heterocycles. The van der Waals surface area contributed by atoms with Crippen LogP contribution in [0.4, 0.5) is 0 Å². The molecule has 0 radical (unpaired) electrons. The fraction of sp³-hybridized carbons (Fsp3) is 0.526. The van der Waals surface area contributed by atoms with Crippen LogP contribution in [0.3, 0.4) is 0 Å². The Morgan fingerprint density at radius 1 is 1.33 bits per heavy atom. The van der Waals surface area contributed by atoms with E-state index in [1.807, 2.05) is 0 Å². The highest BCUT2D eigenvalue weighted by Gasteiger charge is 2.41. The van der Waals surface area contributed by atoms with E-state index < -0.39 is 29.9 Å². The Morgan fingerprint density at radius 3 is 2.70 bits per heavy atom. The lowest BCUT2D eigenvalue weighted by Gasteiger charge is -2.23. The van der Waals surface area contributed by atoms with Gasteiger partial charge in [0.1, 0.15) is 6.04 Å². The predicted molar refractivity (Wildman–Crippen MR) is 107 cm³/mol. The number of phenolic OH excluding ortho intramolecular Hbond substituents is 1. The second kappa shape index (κ2) is 10.8. The first-order valence-electron chi connectivity index (χ1n) is 9.70.